The highest BCUT2D eigenvalue weighted by Gasteiger charge is 2.30. The van der Waals surface area contributed by atoms with Gasteiger partial charge in [0.25, 0.3) is 0 Å². The standard InChI is InChI=1S/C23H25ClN4O/c1-15(29)28(2)20-9-5-18(6-10-20)23-21(16-11-13-25-14-12-16)22(26-27-23)17-3-7-19(24)8-4-17/h3-4,7-8,11-14,18,20H,5-6,9-10H2,1-2H3,(H,26,27). The average Bonchev–Trinajstić information content (AvgIpc) is 3.19. The van der Waals surface area contributed by atoms with Gasteiger partial charge in [-0.3, -0.25) is 14.9 Å². The lowest BCUT2D eigenvalue weighted by molar-refractivity contribution is -0.130. The Balaban J connectivity index is 1.68. The maximum Gasteiger partial charge on any atom is 0.219 e. The Morgan fingerprint density at radius 3 is 2.31 bits per heavy atom. The Labute approximate surface area is 176 Å². The number of aromatic nitrogens is 3. The van der Waals surface area contributed by atoms with Crippen molar-refractivity contribution in [2.45, 2.75) is 44.6 Å². The monoisotopic (exact) mass is 408 g/mol. The molecule has 1 aliphatic rings. The van der Waals surface area contributed by atoms with Crippen molar-refractivity contribution in [1.82, 2.24) is 20.1 Å². The normalized spacial score (nSPS) is 19.1. The first-order chi connectivity index (χ1) is 14.0. The molecule has 5 nitrogen and oxygen atoms in total. The molecule has 6 heteroatoms. The number of nitrogens with one attached hydrogen (secondary N) is 1. The molecule has 0 spiro atoms. The number of carbonyl (C=O) groups is 1. The summed E-state index contributed by atoms with van der Waals surface area (Å²) >= 11 is 6.08. The molecule has 150 valence electrons. The molecule has 0 unspecified atom stereocenters. The molecular formula is C23H25ClN4O. The minimum atomic E-state index is 0.137. The van der Waals surface area contributed by atoms with Gasteiger partial charge in [0.1, 0.15) is 5.69 Å². The SMILES string of the molecule is CC(=O)N(C)C1CCC(c2[nH]nc(-c3ccc(Cl)cc3)c2-c2ccncc2)CC1. The molecule has 1 saturated carbocycles. The van der Waals surface area contributed by atoms with E-state index in [-0.39, 0.29) is 5.91 Å². The fraction of sp³-hybridized carbons (Fsp3) is 0.348. The van der Waals surface area contributed by atoms with Crippen molar-refractivity contribution in [3.05, 3.63) is 59.5 Å². The summed E-state index contributed by atoms with van der Waals surface area (Å²) in [5.41, 5.74) is 5.39. The third-order valence-corrected chi connectivity index (χ3v) is 6.28. The van der Waals surface area contributed by atoms with Gasteiger partial charge in [-0.2, -0.15) is 5.10 Å². The van der Waals surface area contributed by atoms with Crippen molar-refractivity contribution >= 4 is 17.5 Å². The minimum absolute atomic E-state index is 0.137. The van der Waals surface area contributed by atoms with E-state index in [1.54, 1.807) is 6.92 Å². The summed E-state index contributed by atoms with van der Waals surface area (Å²) < 4.78 is 0. The highest BCUT2D eigenvalue weighted by Crippen LogP contribution is 2.42. The Hall–Kier alpha value is -2.66. The smallest absolute Gasteiger partial charge is 0.219 e. The first-order valence-corrected chi connectivity index (χ1v) is 10.4. The lowest BCUT2D eigenvalue weighted by Gasteiger charge is -2.34. The van der Waals surface area contributed by atoms with Crippen LogP contribution in [0.4, 0.5) is 0 Å². The fourth-order valence-electron chi connectivity index (χ4n) is 4.29. The van der Waals surface area contributed by atoms with Gasteiger partial charge in [0, 0.05) is 60.2 Å². The summed E-state index contributed by atoms with van der Waals surface area (Å²) in [6.07, 6.45) is 7.70. The Kier molecular flexibility index (Phi) is 5.67. The number of aromatic amines is 1. The first-order valence-electron chi connectivity index (χ1n) is 10.0. The predicted molar refractivity (Wildman–Crippen MR) is 116 cm³/mol. The van der Waals surface area contributed by atoms with Gasteiger partial charge < -0.3 is 4.90 Å². The number of benzene rings is 1. The van der Waals surface area contributed by atoms with Gasteiger partial charge in [0.15, 0.2) is 0 Å². The molecule has 29 heavy (non-hydrogen) atoms. The van der Waals surface area contributed by atoms with E-state index in [4.69, 9.17) is 16.7 Å². The van der Waals surface area contributed by atoms with Crippen molar-refractivity contribution in [1.29, 1.82) is 0 Å². The number of nitrogens with zero attached hydrogens (tertiary/aromatic N) is 3. The van der Waals surface area contributed by atoms with Gasteiger partial charge in [-0.25, -0.2) is 0 Å². The summed E-state index contributed by atoms with van der Waals surface area (Å²) in [6.45, 7) is 1.64. The predicted octanol–water partition coefficient (Wildman–Crippen LogP) is 5.30. The third kappa shape index (κ3) is 4.06. The van der Waals surface area contributed by atoms with Crippen LogP contribution >= 0.6 is 11.6 Å². The second-order valence-corrected chi connectivity index (χ2v) is 8.18. The molecule has 0 atom stereocenters. The number of carbonyl (C=O) groups excluding carboxylic acids is 1. The lowest BCUT2D eigenvalue weighted by Crippen LogP contribution is -2.37. The Bertz CT molecular complexity index is 976. The van der Waals surface area contributed by atoms with Crippen molar-refractivity contribution in [3.63, 3.8) is 0 Å². The molecule has 0 bridgehead atoms. The van der Waals surface area contributed by atoms with Gasteiger partial charge >= 0.3 is 0 Å². The van der Waals surface area contributed by atoms with Crippen LogP contribution in [-0.2, 0) is 4.79 Å². The van der Waals surface area contributed by atoms with Gasteiger partial charge in [0.2, 0.25) is 5.91 Å². The van der Waals surface area contributed by atoms with Crippen molar-refractivity contribution < 1.29 is 4.79 Å². The summed E-state index contributed by atoms with van der Waals surface area (Å²) in [6, 6.07) is 12.2. The number of H-pyrrole nitrogens is 1. The first kappa shape index (κ1) is 19.6. The maximum absolute atomic E-state index is 11.7. The van der Waals surface area contributed by atoms with E-state index < -0.39 is 0 Å². The van der Waals surface area contributed by atoms with E-state index in [1.165, 1.54) is 5.69 Å². The number of rotatable bonds is 4. The number of halogens is 1. The van der Waals surface area contributed by atoms with Gasteiger partial charge in [-0.05, 0) is 55.5 Å². The van der Waals surface area contributed by atoms with E-state index >= 15 is 0 Å². The van der Waals surface area contributed by atoms with Crippen LogP contribution in [0.1, 0.15) is 44.2 Å². The second kappa shape index (κ2) is 8.37. The lowest BCUT2D eigenvalue weighted by atomic mass is 9.81. The molecule has 4 rings (SSSR count). The maximum atomic E-state index is 11.7. The molecule has 0 aliphatic heterocycles. The van der Waals surface area contributed by atoms with E-state index in [0.29, 0.717) is 17.0 Å². The van der Waals surface area contributed by atoms with Gasteiger partial charge in [0.05, 0.1) is 0 Å². The topological polar surface area (TPSA) is 61.9 Å². The van der Waals surface area contributed by atoms with Crippen molar-refractivity contribution in [2.75, 3.05) is 7.05 Å². The second-order valence-electron chi connectivity index (χ2n) is 7.74. The molecule has 1 N–H and O–H groups in total. The molecule has 1 aromatic carbocycles. The highest BCUT2D eigenvalue weighted by atomic mass is 35.5. The highest BCUT2D eigenvalue weighted by molar-refractivity contribution is 6.30. The number of pyridine rings is 1. The van der Waals surface area contributed by atoms with Crippen molar-refractivity contribution in [2.24, 2.45) is 0 Å². The van der Waals surface area contributed by atoms with Crippen LogP contribution in [0.2, 0.25) is 5.02 Å². The van der Waals surface area contributed by atoms with E-state index in [0.717, 1.165) is 48.1 Å². The summed E-state index contributed by atoms with van der Waals surface area (Å²) in [5, 5.41) is 8.75. The summed E-state index contributed by atoms with van der Waals surface area (Å²) in [5.74, 6) is 0.529. The number of hydrogen-bond donors (Lipinski definition) is 1. The molecule has 0 radical (unpaired) electrons. The minimum Gasteiger partial charge on any atom is -0.343 e. The molecule has 3 aromatic rings. The molecule has 1 amide bonds. The van der Waals surface area contributed by atoms with E-state index in [1.807, 2.05) is 60.7 Å². The van der Waals surface area contributed by atoms with Gasteiger partial charge in [-0.15, -0.1) is 0 Å². The molecule has 2 aromatic heterocycles. The summed E-state index contributed by atoms with van der Waals surface area (Å²) in [7, 11) is 1.91. The van der Waals surface area contributed by atoms with Crippen LogP contribution in [0.15, 0.2) is 48.8 Å². The number of amides is 1. The number of hydrogen-bond acceptors (Lipinski definition) is 3. The van der Waals surface area contributed by atoms with Crippen LogP contribution in [0.25, 0.3) is 22.4 Å². The zero-order valence-electron chi connectivity index (χ0n) is 16.7. The zero-order valence-corrected chi connectivity index (χ0v) is 17.5. The van der Waals surface area contributed by atoms with Crippen LogP contribution in [0.3, 0.4) is 0 Å². The van der Waals surface area contributed by atoms with Gasteiger partial charge in [-0.1, -0.05) is 23.7 Å². The summed E-state index contributed by atoms with van der Waals surface area (Å²) in [4.78, 5) is 17.8. The van der Waals surface area contributed by atoms with Crippen LogP contribution in [0.5, 0.6) is 0 Å². The largest absolute Gasteiger partial charge is 0.343 e. The van der Waals surface area contributed by atoms with Crippen molar-refractivity contribution in [3.8, 4) is 22.4 Å². The molecular weight excluding hydrogens is 384 g/mol. The van der Waals surface area contributed by atoms with E-state index in [2.05, 4.69) is 10.1 Å². The van der Waals surface area contributed by atoms with Crippen LogP contribution < -0.4 is 0 Å². The quantitative estimate of drug-likeness (QED) is 0.637. The fourth-order valence-corrected chi connectivity index (χ4v) is 4.41. The van der Waals surface area contributed by atoms with Crippen LogP contribution in [0, 0.1) is 0 Å². The Morgan fingerprint density at radius 1 is 1.03 bits per heavy atom. The van der Waals surface area contributed by atoms with Crippen LogP contribution in [-0.4, -0.2) is 39.1 Å². The average molecular weight is 409 g/mol. The molecule has 0 saturated heterocycles. The Morgan fingerprint density at radius 2 is 1.69 bits per heavy atom. The van der Waals surface area contributed by atoms with E-state index in [9.17, 15) is 4.79 Å². The molecule has 1 fully saturated rings. The third-order valence-electron chi connectivity index (χ3n) is 6.03. The molecule has 1 aliphatic carbocycles. The molecule has 2 heterocycles. The zero-order chi connectivity index (χ0) is 20.4.